The lowest BCUT2D eigenvalue weighted by Crippen LogP contribution is -2.48. The van der Waals surface area contributed by atoms with Crippen molar-refractivity contribution in [3.8, 4) is 5.75 Å². The van der Waals surface area contributed by atoms with Crippen molar-refractivity contribution >= 4 is 35.3 Å². The van der Waals surface area contributed by atoms with Gasteiger partial charge in [-0.2, -0.15) is 0 Å². The molecule has 2 amide bonds. The zero-order valence-corrected chi connectivity index (χ0v) is 18.8. The van der Waals surface area contributed by atoms with Crippen LogP contribution in [0, 0.1) is 5.92 Å². The molecule has 1 saturated carbocycles. The largest absolute Gasteiger partial charge is 0.497 e. The second-order valence-corrected chi connectivity index (χ2v) is 9.26. The highest BCUT2D eigenvalue weighted by Gasteiger charge is 2.31. The number of para-hydroxylation sites is 1. The van der Waals surface area contributed by atoms with Crippen LogP contribution < -0.4 is 15.0 Å². The Balaban J connectivity index is 1.56. The molecule has 0 radical (unpaired) electrons. The van der Waals surface area contributed by atoms with Gasteiger partial charge < -0.3 is 10.1 Å². The van der Waals surface area contributed by atoms with Crippen LogP contribution in [0.25, 0.3) is 6.08 Å². The lowest BCUT2D eigenvalue weighted by atomic mass is 9.86. The SMILES string of the molecule is COc1ccc(/C=C2\Sc3ccccc3N(CC(=O)N[C@@H]3CCCC[C@H]3C)C2=O)cc1. The number of rotatable bonds is 5. The average molecular weight is 437 g/mol. The maximum Gasteiger partial charge on any atom is 0.265 e. The molecule has 1 aliphatic carbocycles. The van der Waals surface area contributed by atoms with Gasteiger partial charge in [0, 0.05) is 10.9 Å². The molecule has 1 fully saturated rings. The Morgan fingerprint density at radius 3 is 2.65 bits per heavy atom. The fraction of sp³-hybridized carbons (Fsp3) is 0.360. The maximum atomic E-state index is 13.3. The monoisotopic (exact) mass is 436 g/mol. The molecule has 2 aromatic carbocycles. The summed E-state index contributed by atoms with van der Waals surface area (Å²) >= 11 is 1.44. The first-order chi connectivity index (χ1) is 15.0. The van der Waals surface area contributed by atoms with Gasteiger partial charge in [0.2, 0.25) is 5.91 Å². The molecule has 0 spiro atoms. The summed E-state index contributed by atoms with van der Waals surface area (Å²) < 4.78 is 5.21. The molecule has 0 unspecified atom stereocenters. The summed E-state index contributed by atoms with van der Waals surface area (Å²) in [4.78, 5) is 29.4. The smallest absolute Gasteiger partial charge is 0.265 e. The molecule has 0 bridgehead atoms. The number of carbonyl (C=O) groups excluding carboxylic acids is 2. The minimum atomic E-state index is -0.147. The van der Waals surface area contributed by atoms with E-state index >= 15 is 0 Å². The molecule has 0 saturated heterocycles. The average Bonchev–Trinajstić information content (AvgIpc) is 2.78. The number of carbonyl (C=O) groups is 2. The number of methoxy groups -OCH3 is 1. The van der Waals surface area contributed by atoms with Gasteiger partial charge in [-0.1, -0.05) is 55.8 Å². The summed E-state index contributed by atoms with van der Waals surface area (Å²) in [6.45, 7) is 2.22. The number of fused-ring (bicyclic) bond motifs is 1. The molecule has 2 atom stereocenters. The van der Waals surface area contributed by atoms with Crippen LogP contribution in [0.1, 0.15) is 38.2 Å². The van der Waals surface area contributed by atoms with Crippen LogP contribution in [0.4, 0.5) is 5.69 Å². The normalized spacial score (nSPS) is 22.2. The van der Waals surface area contributed by atoms with E-state index in [0.29, 0.717) is 10.8 Å². The summed E-state index contributed by atoms with van der Waals surface area (Å²) in [6.07, 6.45) is 6.39. The van der Waals surface area contributed by atoms with Crippen LogP contribution in [0.2, 0.25) is 0 Å². The number of anilines is 1. The van der Waals surface area contributed by atoms with Gasteiger partial charge in [-0.3, -0.25) is 14.5 Å². The quantitative estimate of drug-likeness (QED) is 0.680. The van der Waals surface area contributed by atoms with Gasteiger partial charge in [-0.15, -0.1) is 0 Å². The molecular formula is C25H28N2O3S. The molecule has 2 aliphatic rings. The summed E-state index contributed by atoms with van der Waals surface area (Å²) in [6, 6.07) is 15.5. The van der Waals surface area contributed by atoms with Crippen molar-refractivity contribution in [2.24, 2.45) is 5.92 Å². The van der Waals surface area contributed by atoms with Crippen molar-refractivity contribution in [3.05, 3.63) is 59.0 Å². The molecule has 31 heavy (non-hydrogen) atoms. The van der Waals surface area contributed by atoms with E-state index in [1.165, 1.54) is 18.2 Å². The molecule has 4 rings (SSSR count). The molecule has 1 aliphatic heterocycles. The predicted molar refractivity (Wildman–Crippen MR) is 125 cm³/mol. The first-order valence-corrected chi connectivity index (χ1v) is 11.6. The fourth-order valence-electron chi connectivity index (χ4n) is 4.20. The Hall–Kier alpha value is -2.73. The highest BCUT2D eigenvalue weighted by molar-refractivity contribution is 8.04. The number of hydrogen-bond acceptors (Lipinski definition) is 4. The highest BCUT2D eigenvalue weighted by Crippen LogP contribution is 2.42. The Bertz CT molecular complexity index is 987. The van der Waals surface area contributed by atoms with E-state index in [1.54, 1.807) is 12.0 Å². The minimum absolute atomic E-state index is 0.0274. The minimum Gasteiger partial charge on any atom is -0.497 e. The maximum absolute atomic E-state index is 13.3. The summed E-state index contributed by atoms with van der Waals surface area (Å²) in [5.41, 5.74) is 1.70. The van der Waals surface area contributed by atoms with Gasteiger partial charge >= 0.3 is 0 Å². The number of benzene rings is 2. The lowest BCUT2D eigenvalue weighted by Gasteiger charge is -2.32. The second-order valence-electron chi connectivity index (χ2n) is 8.18. The third-order valence-corrected chi connectivity index (χ3v) is 7.08. The van der Waals surface area contributed by atoms with Gasteiger partial charge in [0.1, 0.15) is 12.3 Å². The zero-order valence-electron chi connectivity index (χ0n) is 18.0. The van der Waals surface area contributed by atoms with Crippen LogP contribution >= 0.6 is 11.8 Å². The molecule has 0 aromatic heterocycles. The van der Waals surface area contributed by atoms with E-state index in [-0.39, 0.29) is 24.4 Å². The van der Waals surface area contributed by atoms with Crippen molar-refractivity contribution in [2.45, 2.75) is 43.5 Å². The standard InChI is InChI=1S/C25H28N2O3S/c1-17-7-3-4-8-20(17)26-24(28)16-27-21-9-5-6-10-22(21)31-23(25(27)29)15-18-11-13-19(30-2)14-12-18/h5-6,9-15,17,20H,3-4,7-8,16H2,1-2H3,(H,26,28)/b23-15-/t17-,20-/m1/s1. The van der Waals surface area contributed by atoms with Crippen LogP contribution in [-0.4, -0.2) is 31.5 Å². The van der Waals surface area contributed by atoms with Gasteiger partial charge in [0.25, 0.3) is 5.91 Å². The first-order valence-electron chi connectivity index (χ1n) is 10.8. The zero-order chi connectivity index (χ0) is 21.8. The predicted octanol–water partition coefficient (Wildman–Crippen LogP) is 4.87. The summed E-state index contributed by atoms with van der Waals surface area (Å²) in [5.74, 6) is 0.998. The summed E-state index contributed by atoms with van der Waals surface area (Å²) in [7, 11) is 1.63. The fourth-order valence-corrected chi connectivity index (χ4v) is 5.26. The van der Waals surface area contributed by atoms with Gasteiger partial charge in [-0.25, -0.2) is 0 Å². The Morgan fingerprint density at radius 2 is 1.90 bits per heavy atom. The molecule has 5 nitrogen and oxygen atoms in total. The Kier molecular flexibility index (Phi) is 6.66. The van der Waals surface area contributed by atoms with Crippen molar-refractivity contribution < 1.29 is 14.3 Å². The van der Waals surface area contributed by atoms with Crippen molar-refractivity contribution in [1.29, 1.82) is 0 Å². The number of amides is 2. The van der Waals surface area contributed by atoms with Crippen molar-refractivity contribution in [3.63, 3.8) is 0 Å². The molecule has 2 aromatic rings. The van der Waals surface area contributed by atoms with Crippen LogP contribution in [-0.2, 0) is 9.59 Å². The third kappa shape index (κ3) is 4.96. The van der Waals surface area contributed by atoms with E-state index < -0.39 is 0 Å². The molecule has 6 heteroatoms. The number of ether oxygens (including phenoxy) is 1. The molecule has 1 heterocycles. The summed E-state index contributed by atoms with van der Waals surface area (Å²) in [5, 5.41) is 3.17. The van der Waals surface area contributed by atoms with Crippen molar-refractivity contribution in [1.82, 2.24) is 5.32 Å². The molecular weight excluding hydrogens is 408 g/mol. The molecule has 162 valence electrons. The number of thioether (sulfide) groups is 1. The van der Waals surface area contributed by atoms with Gasteiger partial charge in [0.15, 0.2) is 0 Å². The second kappa shape index (κ2) is 9.60. The Labute approximate surface area is 187 Å². The van der Waals surface area contributed by atoms with E-state index in [4.69, 9.17) is 4.74 Å². The topological polar surface area (TPSA) is 58.6 Å². The Morgan fingerprint density at radius 1 is 1.16 bits per heavy atom. The number of hydrogen-bond donors (Lipinski definition) is 1. The van der Waals surface area contributed by atoms with Crippen molar-refractivity contribution in [2.75, 3.05) is 18.6 Å². The first kappa shape index (κ1) is 21.5. The third-order valence-electron chi connectivity index (χ3n) is 6.01. The van der Waals surface area contributed by atoms with E-state index in [9.17, 15) is 9.59 Å². The van der Waals surface area contributed by atoms with E-state index in [2.05, 4.69) is 12.2 Å². The van der Waals surface area contributed by atoms with Crippen LogP contribution in [0.15, 0.2) is 58.3 Å². The lowest BCUT2D eigenvalue weighted by molar-refractivity contribution is -0.123. The van der Waals surface area contributed by atoms with Gasteiger partial charge in [-0.05, 0) is 54.7 Å². The molecule has 1 N–H and O–H groups in total. The van der Waals surface area contributed by atoms with E-state index in [1.807, 2.05) is 54.6 Å². The van der Waals surface area contributed by atoms with E-state index in [0.717, 1.165) is 41.2 Å². The van der Waals surface area contributed by atoms with Crippen LogP contribution in [0.3, 0.4) is 0 Å². The highest BCUT2D eigenvalue weighted by atomic mass is 32.2. The van der Waals surface area contributed by atoms with Crippen LogP contribution in [0.5, 0.6) is 5.75 Å². The number of nitrogens with one attached hydrogen (secondary N) is 1. The van der Waals surface area contributed by atoms with Gasteiger partial charge in [0.05, 0.1) is 17.7 Å². The number of nitrogens with zero attached hydrogens (tertiary/aromatic N) is 1.